The summed E-state index contributed by atoms with van der Waals surface area (Å²) in [5.41, 5.74) is 1.22. The van der Waals surface area contributed by atoms with E-state index >= 15 is 0 Å². The highest BCUT2D eigenvalue weighted by atomic mass is 35.5. The highest BCUT2D eigenvalue weighted by Crippen LogP contribution is 2.11. The minimum absolute atomic E-state index is 0. The van der Waals surface area contributed by atoms with Gasteiger partial charge in [-0.05, 0) is 24.1 Å². The summed E-state index contributed by atoms with van der Waals surface area (Å²) in [4.78, 5) is 17.8. The van der Waals surface area contributed by atoms with Gasteiger partial charge in [0.1, 0.15) is 0 Å². The van der Waals surface area contributed by atoms with Gasteiger partial charge in [0.05, 0.1) is 6.04 Å². The first-order valence-corrected chi connectivity index (χ1v) is 6.88. The van der Waals surface area contributed by atoms with Crippen molar-refractivity contribution in [3.63, 3.8) is 0 Å². The fourth-order valence-electron chi connectivity index (χ4n) is 1.78. The number of carbonyl (C=O) groups excluding carboxylic acids is 1. The van der Waals surface area contributed by atoms with E-state index in [1.165, 1.54) is 5.56 Å². The lowest BCUT2D eigenvalue weighted by Gasteiger charge is -2.20. The van der Waals surface area contributed by atoms with Gasteiger partial charge in [-0.2, -0.15) is 0 Å². The zero-order valence-electron chi connectivity index (χ0n) is 10.3. The number of thioether (sulfide) groups is 1. The van der Waals surface area contributed by atoms with Gasteiger partial charge in [0.2, 0.25) is 5.91 Å². The van der Waals surface area contributed by atoms with Crippen molar-refractivity contribution < 1.29 is 4.79 Å². The molecular weight excluding hydrogens is 270 g/mol. The number of likely N-dealkylation sites (N-methyl/N-ethyl adjacent to an activating group) is 1. The van der Waals surface area contributed by atoms with Crippen molar-refractivity contribution in [3.8, 4) is 0 Å². The molecule has 0 radical (unpaired) electrons. The molecule has 6 heteroatoms. The second-order valence-electron chi connectivity index (χ2n) is 4.14. The van der Waals surface area contributed by atoms with Crippen molar-refractivity contribution in [2.24, 2.45) is 0 Å². The fourth-order valence-corrected chi connectivity index (χ4v) is 2.71. The lowest BCUT2D eigenvalue weighted by atomic mass is 10.2. The zero-order valence-corrected chi connectivity index (χ0v) is 12.0. The summed E-state index contributed by atoms with van der Waals surface area (Å²) in [5, 5.41) is 3.20. The average Bonchev–Trinajstić information content (AvgIpc) is 2.90. The number of nitrogens with one attached hydrogen (secondary N) is 1. The van der Waals surface area contributed by atoms with Gasteiger partial charge in [-0.3, -0.25) is 15.1 Å². The van der Waals surface area contributed by atoms with Gasteiger partial charge in [0, 0.05) is 37.6 Å². The number of hydrogen-bond acceptors (Lipinski definition) is 4. The predicted octanol–water partition coefficient (Wildman–Crippen LogP) is 1.17. The molecule has 2 rings (SSSR count). The first-order chi connectivity index (χ1) is 8.27. The summed E-state index contributed by atoms with van der Waals surface area (Å²) in [7, 11) is 1.87. The third-order valence-electron chi connectivity index (χ3n) is 2.88. The Morgan fingerprint density at radius 3 is 2.89 bits per heavy atom. The van der Waals surface area contributed by atoms with Crippen LogP contribution >= 0.6 is 24.2 Å². The smallest absolute Gasteiger partial charge is 0.240 e. The third kappa shape index (κ3) is 4.15. The number of nitrogens with zero attached hydrogens (tertiary/aromatic N) is 2. The monoisotopic (exact) mass is 287 g/mol. The maximum absolute atomic E-state index is 12.0. The molecule has 4 nitrogen and oxygen atoms in total. The highest BCUT2D eigenvalue weighted by Gasteiger charge is 2.24. The van der Waals surface area contributed by atoms with Gasteiger partial charge < -0.3 is 4.90 Å². The molecule has 0 aromatic carbocycles. The summed E-state index contributed by atoms with van der Waals surface area (Å²) >= 11 is 1.78. The summed E-state index contributed by atoms with van der Waals surface area (Å²) in [6.07, 6.45) is 4.45. The number of amides is 1. The molecule has 0 spiro atoms. The van der Waals surface area contributed by atoms with Crippen LogP contribution in [0.25, 0.3) is 0 Å². The molecule has 1 aromatic rings. The maximum Gasteiger partial charge on any atom is 0.240 e. The van der Waals surface area contributed by atoms with Crippen LogP contribution < -0.4 is 5.32 Å². The standard InChI is InChI=1S/C12H17N3OS.ClH/c1-15(12(16)11-8-17-9-14-11)7-4-10-2-5-13-6-3-10;/h2-3,5-6,11,14H,4,7-9H2,1H3;1H. The molecule has 0 aliphatic carbocycles. The normalized spacial score (nSPS) is 18.2. The number of rotatable bonds is 4. The number of hydrogen-bond donors (Lipinski definition) is 1. The molecule has 0 saturated carbocycles. The SMILES string of the molecule is CN(CCc1ccncc1)C(=O)C1CSCN1.Cl. The van der Waals surface area contributed by atoms with E-state index in [0.717, 1.165) is 24.6 Å². The van der Waals surface area contributed by atoms with Crippen LogP contribution in [0.15, 0.2) is 24.5 Å². The Bertz CT molecular complexity index is 371. The topological polar surface area (TPSA) is 45.2 Å². The molecule has 1 fully saturated rings. The van der Waals surface area contributed by atoms with Crippen LogP contribution in [0.5, 0.6) is 0 Å². The largest absolute Gasteiger partial charge is 0.344 e. The van der Waals surface area contributed by atoms with Crippen molar-refractivity contribution in [1.82, 2.24) is 15.2 Å². The van der Waals surface area contributed by atoms with Gasteiger partial charge in [-0.1, -0.05) is 0 Å². The van der Waals surface area contributed by atoms with Crippen molar-refractivity contribution in [3.05, 3.63) is 30.1 Å². The maximum atomic E-state index is 12.0. The van der Waals surface area contributed by atoms with Gasteiger partial charge in [-0.15, -0.1) is 24.2 Å². The molecular formula is C12H18ClN3OS. The summed E-state index contributed by atoms with van der Waals surface area (Å²) in [6.45, 7) is 0.756. The Hall–Kier alpha value is -0.780. The van der Waals surface area contributed by atoms with E-state index in [9.17, 15) is 4.79 Å². The van der Waals surface area contributed by atoms with E-state index in [1.54, 1.807) is 24.2 Å². The average molecular weight is 288 g/mol. The Morgan fingerprint density at radius 1 is 1.56 bits per heavy atom. The molecule has 1 aromatic heterocycles. The number of carbonyl (C=O) groups is 1. The number of pyridine rings is 1. The molecule has 1 unspecified atom stereocenters. The van der Waals surface area contributed by atoms with Crippen LogP contribution in [0.4, 0.5) is 0 Å². The molecule has 1 saturated heterocycles. The van der Waals surface area contributed by atoms with Crippen molar-refractivity contribution in [1.29, 1.82) is 0 Å². The van der Waals surface area contributed by atoms with Crippen molar-refractivity contribution in [2.45, 2.75) is 12.5 Å². The lowest BCUT2D eigenvalue weighted by Crippen LogP contribution is -2.43. The Morgan fingerprint density at radius 2 is 2.28 bits per heavy atom. The lowest BCUT2D eigenvalue weighted by molar-refractivity contribution is -0.131. The van der Waals surface area contributed by atoms with Crippen LogP contribution in [-0.2, 0) is 11.2 Å². The summed E-state index contributed by atoms with van der Waals surface area (Å²) in [5.74, 6) is 1.97. The molecule has 1 N–H and O–H groups in total. The number of aromatic nitrogens is 1. The first-order valence-electron chi connectivity index (χ1n) is 5.72. The molecule has 1 atom stereocenters. The molecule has 1 amide bonds. The number of halogens is 1. The van der Waals surface area contributed by atoms with E-state index in [1.807, 2.05) is 24.1 Å². The molecule has 0 bridgehead atoms. The summed E-state index contributed by atoms with van der Waals surface area (Å²) in [6, 6.07) is 3.98. The highest BCUT2D eigenvalue weighted by molar-refractivity contribution is 7.99. The quantitative estimate of drug-likeness (QED) is 0.903. The zero-order chi connectivity index (χ0) is 12.1. The molecule has 2 heterocycles. The minimum Gasteiger partial charge on any atom is -0.344 e. The Kier molecular flexibility index (Phi) is 6.46. The van der Waals surface area contributed by atoms with Crippen molar-refractivity contribution >= 4 is 30.1 Å². The van der Waals surface area contributed by atoms with E-state index in [4.69, 9.17) is 0 Å². The predicted molar refractivity (Wildman–Crippen MR) is 77.1 cm³/mol. The van der Waals surface area contributed by atoms with Gasteiger partial charge in [0.15, 0.2) is 0 Å². The van der Waals surface area contributed by atoms with Crippen LogP contribution in [0.3, 0.4) is 0 Å². The minimum atomic E-state index is 0. The first kappa shape index (κ1) is 15.3. The van der Waals surface area contributed by atoms with E-state index in [0.29, 0.717) is 0 Å². The van der Waals surface area contributed by atoms with Crippen LogP contribution in [0.1, 0.15) is 5.56 Å². The van der Waals surface area contributed by atoms with Gasteiger partial charge >= 0.3 is 0 Å². The Labute approximate surface area is 118 Å². The molecule has 1 aliphatic heterocycles. The molecule has 100 valence electrons. The van der Waals surface area contributed by atoms with Crippen LogP contribution in [-0.4, -0.2) is 47.1 Å². The van der Waals surface area contributed by atoms with Gasteiger partial charge in [-0.25, -0.2) is 0 Å². The fraction of sp³-hybridized carbons (Fsp3) is 0.500. The Balaban J connectivity index is 0.00000162. The van der Waals surface area contributed by atoms with Gasteiger partial charge in [0.25, 0.3) is 0 Å². The molecule has 18 heavy (non-hydrogen) atoms. The summed E-state index contributed by atoms with van der Waals surface area (Å²) < 4.78 is 0. The van der Waals surface area contributed by atoms with Crippen LogP contribution in [0.2, 0.25) is 0 Å². The third-order valence-corrected chi connectivity index (χ3v) is 3.82. The van der Waals surface area contributed by atoms with Crippen LogP contribution in [0, 0.1) is 0 Å². The van der Waals surface area contributed by atoms with E-state index in [2.05, 4.69) is 10.3 Å². The van der Waals surface area contributed by atoms with Crippen molar-refractivity contribution in [2.75, 3.05) is 25.2 Å². The molecule has 1 aliphatic rings. The van der Waals surface area contributed by atoms with E-state index < -0.39 is 0 Å². The second kappa shape index (κ2) is 7.61. The second-order valence-corrected chi connectivity index (χ2v) is 5.17. The van der Waals surface area contributed by atoms with E-state index in [-0.39, 0.29) is 24.4 Å².